The van der Waals surface area contributed by atoms with Gasteiger partial charge < -0.3 is 36.2 Å². The third-order valence-corrected chi connectivity index (χ3v) is 11.1. The number of alkyl halides is 3. The minimum Gasteiger partial charge on any atom is -0.443 e. The standard InChI is InChI=1S/C38H51F3N8O8/c1-3-9-25(31(35(54)45-23-14-15-23)57-37(56)38(39,40)41)46-34(53)30-24-13-8-12-22(24)20-49(30)36(55)27(19-44-28(50)4-2)47-33(52)29(21-10-6-5-7-11-21)48-32(51)26-18-42-16-17-43-26/h4,16-18,21-25,27,29-31H,2-3,5-15,19-20H2,1H3,(H,44,50)(H,45,54)(H,46,53)(H,47,52)(H,48,51)/t22-,24-,25?,27-,29-,30-,31-/m0/s1. The van der Waals surface area contributed by atoms with Gasteiger partial charge in [0.05, 0.1) is 12.2 Å². The third kappa shape index (κ3) is 11.3. The Morgan fingerprint density at radius 1 is 0.947 bits per heavy atom. The molecule has 1 aromatic heterocycles. The van der Waals surface area contributed by atoms with Crippen molar-refractivity contribution in [1.82, 2.24) is 41.5 Å². The predicted octanol–water partition coefficient (Wildman–Crippen LogP) is 1.61. The molecule has 5 rings (SSSR count). The predicted molar refractivity (Wildman–Crippen MR) is 195 cm³/mol. The highest BCUT2D eigenvalue weighted by Gasteiger charge is 2.52. The smallest absolute Gasteiger partial charge is 0.443 e. The maximum absolute atomic E-state index is 14.6. The van der Waals surface area contributed by atoms with Gasteiger partial charge in [0, 0.05) is 31.5 Å². The third-order valence-electron chi connectivity index (χ3n) is 11.1. The lowest BCUT2D eigenvalue weighted by atomic mass is 9.83. The second kappa shape index (κ2) is 19.4. The number of likely N-dealkylation sites (tertiary alicyclic amines) is 1. The summed E-state index contributed by atoms with van der Waals surface area (Å²) in [5.74, 6) is -7.80. The zero-order valence-corrected chi connectivity index (χ0v) is 31.9. The lowest BCUT2D eigenvalue weighted by molar-refractivity contribution is -0.206. The summed E-state index contributed by atoms with van der Waals surface area (Å²) in [6.45, 7) is 4.82. The highest BCUT2D eigenvalue weighted by molar-refractivity contribution is 5.98. The SMILES string of the molecule is C=CC(=O)NC[C@H](NC(=O)[C@@H](NC(=O)c1cnccn1)C1CCCCC1)C(=O)N1C[C@@H]2CCC[C@@H]2[C@H]1C(=O)NC(CCC)[C@H](OC(=O)C(F)(F)F)C(=O)NC1CC1. The number of esters is 1. The number of halogens is 3. The Morgan fingerprint density at radius 3 is 2.32 bits per heavy atom. The van der Waals surface area contributed by atoms with E-state index in [4.69, 9.17) is 4.74 Å². The summed E-state index contributed by atoms with van der Waals surface area (Å²) in [4.78, 5) is 103. The molecular formula is C38H51F3N8O8. The summed E-state index contributed by atoms with van der Waals surface area (Å²) in [7, 11) is 0. The van der Waals surface area contributed by atoms with E-state index in [1.807, 2.05) is 0 Å². The molecule has 2 heterocycles. The zero-order valence-electron chi connectivity index (χ0n) is 31.9. The van der Waals surface area contributed by atoms with Gasteiger partial charge in [0.25, 0.3) is 11.8 Å². The number of aromatic nitrogens is 2. The van der Waals surface area contributed by atoms with E-state index in [0.717, 1.165) is 31.8 Å². The monoisotopic (exact) mass is 804 g/mol. The molecule has 16 nitrogen and oxygen atoms in total. The Balaban J connectivity index is 1.40. The summed E-state index contributed by atoms with van der Waals surface area (Å²) in [5, 5.41) is 13.2. The summed E-state index contributed by atoms with van der Waals surface area (Å²) < 4.78 is 44.8. The van der Waals surface area contributed by atoms with Crippen LogP contribution in [0.5, 0.6) is 0 Å². The maximum atomic E-state index is 14.6. The van der Waals surface area contributed by atoms with Crippen LogP contribution in [0.2, 0.25) is 0 Å². The fourth-order valence-electron chi connectivity index (χ4n) is 8.19. The molecule has 0 aromatic carbocycles. The van der Waals surface area contributed by atoms with E-state index in [9.17, 15) is 46.7 Å². The molecule has 3 saturated carbocycles. The second-order valence-corrected chi connectivity index (χ2v) is 15.3. The fourth-order valence-corrected chi connectivity index (χ4v) is 8.19. The van der Waals surface area contributed by atoms with Crippen LogP contribution < -0.4 is 26.6 Å². The lowest BCUT2D eigenvalue weighted by Crippen LogP contribution is -2.62. The van der Waals surface area contributed by atoms with Gasteiger partial charge in [0.2, 0.25) is 23.6 Å². The molecule has 57 heavy (non-hydrogen) atoms. The van der Waals surface area contributed by atoms with E-state index in [-0.39, 0.29) is 48.9 Å². The van der Waals surface area contributed by atoms with Crippen molar-refractivity contribution in [3.05, 3.63) is 36.9 Å². The molecule has 4 fully saturated rings. The lowest BCUT2D eigenvalue weighted by Gasteiger charge is -2.34. The summed E-state index contributed by atoms with van der Waals surface area (Å²) in [5.41, 5.74) is -0.0174. The number of ether oxygens (including phenoxy) is 1. The molecule has 1 saturated heterocycles. The summed E-state index contributed by atoms with van der Waals surface area (Å²) in [6, 6.07) is -5.35. The van der Waals surface area contributed by atoms with E-state index in [2.05, 4.69) is 43.1 Å². The normalized spacial score (nSPS) is 22.8. The molecular weight excluding hydrogens is 753 g/mol. The van der Waals surface area contributed by atoms with Gasteiger partial charge in [0.1, 0.15) is 23.8 Å². The highest BCUT2D eigenvalue weighted by Crippen LogP contribution is 2.42. The van der Waals surface area contributed by atoms with Crippen molar-refractivity contribution in [2.45, 2.75) is 126 Å². The molecule has 1 aliphatic heterocycles. The number of fused-ring (bicyclic) bond motifs is 1. The van der Waals surface area contributed by atoms with E-state index >= 15 is 0 Å². The van der Waals surface area contributed by atoms with Crippen LogP contribution in [0.4, 0.5) is 13.2 Å². The van der Waals surface area contributed by atoms with Gasteiger partial charge in [-0.3, -0.25) is 33.8 Å². The molecule has 7 atom stereocenters. The van der Waals surface area contributed by atoms with Gasteiger partial charge in [-0.25, -0.2) is 9.78 Å². The number of nitrogens with one attached hydrogen (secondary N) is 5. The Labute approximate surface area is 328 Å². The summed E-state index contributed by atoms with van der Waals surface area (Å²) in [6.07, 6.45) is 4.80. The minimum atomic E-state index is -5.40. The van der Waals surface area contributed by atoms with Gasteiger partial charge in [-0.1, -0.05) is 45.6 Å². The Hall–Kier alpha value is -5.10. The number of rotatable bonds is 17. The number of carbonyl (C=O) groups is 7. The average Bonchev–Trinajstić information content (AvgIpc) is 3.76. The molecule has 0 bridgehead atoms. The molecule has 4 aliphatic rings. The quantitative estimate of drug-likeness (QED) is 0.113. The van der Waals surface area contributed by atoms with Crippen LogP contribution in [0.1, 0.15) is 94.5 Å². The Morgan fingerprint density at radius 2 is 1.68 bits per heavy atom. The molecule has 6 amide bonds. The van der Waals surface area contributed by atoms with Crippen LogP contribution in [0.25, 0.3) is 0 Å². The highest BCUT2D eigenvalue weighted by atomic mass is 19.4. The Bertz CT molecular complexity index is 1660. The largest absolute Gasteiger partial charge is 0.490 e. The van der Waals surface area contributed by atoms with Crippen LogP contribution in [0, 0.1) is 17.8 Å². The van der Waals surface area contributed by atoms with Crippen molar-refractivity contribution >= 4 is 41.4 Å². The van der Waals surface area contributed by atoms with Crippen LogP contribution >= 0.6 is 0 Å². The second-order valence-electron chi connectivity index (χ2n) is 15.3. The van der Waals surface area contributed by atoms with Crippen molar-refractivity contribution in [3.8, 4) is 0 Å². The molecule has 0 radical (unpaired) electrons. The molecule has 1 unspecified atom stereocenters. The first-order valence-corrected chi connectivity index (χ1v) is 19.7. The van der Waals surface area contributed by atoms with Crippen molar-refractivity contribution < 1.29 is 51.5 Å². The van der Waals surface area contributed by atoms with Crippen LogP contribution in [-0.2, 0) is 33.5 Å². The average molecular weight is 805 g/mol. The van der Waals surface area contributed by atoms with E-state index in [1.54, 1.807) is 6.92 Å². The van der Waals surface area contributed by atoms with Gasteiger partial charge in [0.15, 0.2) is 6.10 Å². The van der Waals surface area contributed by atoms with E-state index in [1.165, 1.54) is 23.5 Å². The first kappa shape index (κ1) is 43.0. The van der Waals surface area contributed by atoms with Gasteiger partial charge >= 0.3 is 12.1 Å². The van der Waals surface area contributed by atoms with Crippen molar-refractivity contribution in [3.63, 3.8) is 0 Å². The molecule has 19 heteroatoms. The maximum Gasteiger partial charge on any atom is 0.490 e. The van der Waals surface area contributed by atoms with Gasteiger partial charge in [-0.2, -0.15) is 13.2 Å². The molecule has 3 aliphatic carbocycles. The van der Waals surface area contributed by atoms with Crippen LogP contribution in [0.3, 0.4) is 0 Å². The molecule has 5 N–H and O–H groups in total. The molecule has 312 valence electrons. The first-order valence-electron chi connectivity index (χ1n) is 19.7. The van der Waals surface area contributed by atoms with Gasteiger partial charge in [-0.05, 0) is 68.8 Å². The molecule has 0 spiro atoms. The fraction of sp³-hybridized carbons (Fsp3) is 0.658. The van der Waals surface area contributed by atoms with E-state index < -0.39 is 84.4 Å². The number of amides is 6. The number of hydrogen-bond donors (Lipinski definition) is 5. The number of nitrogens with zero attached hydrogens (tertiary/aromatic N) is 3. The van der Waals surface area contributed by atoms with Gasteiger partial charge in [-0.15, -0.1) is 0 Å². The zero-order chi connectivity index (χ0) is 41.3. The molecule has 1 aromatic rings. The minimum absolute atomic E-state index is 0.0174. The topological polar surface area (TPSA) is 218 Å². The van der Waals surface area contributed by atoms with Crippen molar-refractivity contribution in [1.29, 1.82) is 0 Å². The Kier molecular flexibility index (Phi) is 14.6. The first-order chi connectivity index (χ1) is 27.2. The number of carbonyl (C=O) groups excluding carboxylic acids is 7. The van der Waals surface area contributed by atoms with Crippen molar-refractivity contribution in [2.24, 2.45) is 17.8 Å². The summed E-state index contributed by atoms with van der Waals surface area (Å²) >= 11 is 0. The van der Waals surface area contributed by atoms with Crippen molar-refractivity contribution in [2.75, 3.05) is 13.1 Å². The van der Waals surface area contributed by atoms with E-state index in [0.29, 0.717) is 38.5 Å². The van der Waals surface area contributed by atoms with Crippen LogP contribution in [-0.4, -0.2) is 112 Å². The van der Waals surface area contributed by atoms with Crippen LogP contribution in [0.15, 0.2) is 31.2 Å². The number of hydrogen-bond acceptors (Lipinski definition) is 10.